The van der Waals surface area contributed by atoms with Gasteiger partial charge in [-0.2, -0.15) is 0 Å². The summed E-state index contributed by atoms with van der Waals surface area (Å²) < 4.78 is 39.1. The number of ether oxygens (including phenoxy) is 1. The fourth-order valence-corrected chi connectivity index (χ4v) is 5.38. The molecule has 0 bridgehead atoms. The summed E-state index contributed by atoms with van der Waals surface area (Å²) in [6.07, 6.45) is 1.47. The van der Waals surface area contributed by atoms with Gasteiger partial charge in [-0.05, 0) is 61.9 Å². The van der Waals surface area contributed by atoms with Crippen molar-refractivity contribution in [1.29, 1.82) is 0 Å². The minimum atomic E-state index is -3.75. The number of rotatable bonds is 8. The molecule has 1 atom stereocenters. The SMILES string of the molecule is COC(=O)C1=C(C)N([C@H](C)c2ccccc2)C(=O)/C1=C/c1ccc(CNS(=O)(=O)c2ccc(Br)cc2)o1. The van der Waals surface area contributed by atoms with Crippen LogP contribution in [0.15, 0.2) is 97.4 Å². The zero-order valence-corrected chi connectivity index (χ0v) is 22.8. The molecule has 0 spiro atoms. The van der Waals surface area contributed by atoms with E-state index in [1.807, 2.05) is 37.3 Å². The predicted molar refractivity (Wildman–Crippen MR) is 141 cm³/mol. The van der Waals surface area contributed by atoms with Gasteiger partial charge in [-0.15, -0.1) is 0 Å². The Balaban J connectivity index is 1.58. The van der Waals surface area contributed by atoms with Gasteiger partial charge in [-0.1, -0.05) is 46.3 Å². The van der Waals surface area contributed by atoms with Crippen LogP contribution in [0.1, 0.15) is 37.0 Å². The van der Waals surface area contributed by atoms with Gasteiger partial charge in [-0.3, -0.25) is 4.79 Å². The van der Waals surface area contributed by atoms with Gasteiger partial charge in [0.25, 0.3) is 5.91 Å². The van der Waals surface area contributed by atoms with E-state index in [1.54, 1.807) is 36.1 Å². The third kappa shape index (κ3) is 5.61. The lowest BCUT2D eigenvalue weighted by Crippen LogP contribution is -2.28. The maximum absolute atomic E-state index is 13.5. The number of nitrogens with one attached hydrogen (secondary N) is 1. The van der Waals surface area contributed by atoms with Crippen LogP contribution in [0.4, 0.5) is 0 Å². The number of hydrogen-bond acceptors (Lipinski definition) is 6. The number of allylic oxidation sites excluding steroid dienone is 1. The Morgan fingerprint density at radius 3 is 2.43 bits per heavy atom. The van der Waals surface area contributed by atoms with Crippen molar-refractivity contribution < 1.29 is 27.2 Å². The summed E-state index contributed by atoms with van der Waals surface area (Å²) in [5.41, 5.74) is 1.69. The molecule has 37 heavy (non-hydrogen) atoms. The monoisotopic (exact) mass is 584 g/mol. The van der Waals surface area contributed by atoms with Crippen molar-refractivity contribution in [2.75, 3.05) is 7.11 Å². The molecule has 192 valence electrons. The number of carbonyl (C=O) groups is 2. The minimum absolute atomic E-state index is 0.0919. The molecule has 4 rings (SSSR count). The first-order valence-corrected chi connectivity index (χ1v) is 13.6. The molecule has 1 aliphatic heterocycles. The van der Waals surface area contributed by atoms with Crippen molar-refractivity contribution in [2.45, 2.75) is 31.3 Å². The van der Waals surface area contributed by atoms with E-state index in [1.165, 1.54) is 25.3 Å². The fraction of sp³-hybridized carbons (Fsp3) is 0.185. The van der Waals surface area contributed by atoms with Gasteiger partial charge < -0.3 is 14.1 Å². The van der Waals surface area contributed by atoms with E-state index >= 15 is 0 Å². The van der Waals surface area contributed by atoms with Crippen LogP contribution in [0.3, 0.4) is 0 Å². The summed E-state index contributed by atoms with van der Waals surface area (Å²) in [6.45, 7) is 3.50. The van der Waals surface area contributed by atoms with Gasteiger partial charge in [0, 0.05) is 10.2 Å². The number of carbonyl (C=O) groups excluding carboxylic acids is 2. The number of esters is 1. The standard InChI is InChI=1S/C27H25BrN2O6S/c1-17(19-7-5-4-6-8-19)30-18(2)25(27(32)35-3)24(26(30)31)15-21-11-12-22(36-21)16-29-37(33,34)23-13-9-20(28)10-14-23/h4-15,17,29H,16H2,1-3H3/b24-15+/t17-/m1/s1. The van der Waals surface area contributed by atoms with Crippen LogP contribution in [-0.4, -0.2) is 32.3 Å². The highest BCUT2D eigenvalue weighted by atomic mass is 79.9. The number of amides is 1. The first kappa shape index (κ1) is 26.6. The first-order chi connectivity index (χ1) is 17.6. The Hall–Kier alpha value is -3.47. The Kier molecular flexibility index (Phi) is 7.82. The molecule has 2 heterocycles. The highest BCUT2D eigenvalue weighted by Gasteiger charge is 2.39. The number of nitrogens with zero attached hydrogens (tertiary/aromatic N) is 1. The fourth-order valence-electron chi connectivity index (χ4n) is 4.12. The van der Waals surface area contributed by atoms with Gasteiger partial charge >= 0.3 is 5.97 Å². The third-order valence-electron chi connectivity index (χ3n) is 6.03. The number of sulfonamides is 1. The molecule has 0 radical (unpaired) electrons. The van der Waals surface area contributed by atoms with Gasteiger partial charge in [0.15, 0.2) is 0 Å². The number of furan rings is 1. The van der Waals surface area contributed by atoms with Crippen LogP contribution in [0.2, 0.25) is 0 Å². The highest BCUT2D eigenvalue weighted by Crippen LogP contribution is 2.37. The molecule has 1 amide bonds. The van der Waals surface area contributed by atoms with Crippen LogP contribution >= 0.6 is 15.9 Å². The van der Waals surface area contributed by atoms with Gasteiger partial charge in [0.05, 0.1) is 35.7 Å². The van der Waals surface area contributed by atoms with Crippen molar-refractivity contribution in [2.24, 2.45) is 0 Å². The van der Waals surface area contributed by atoms with Crippen molar-refractivity contribution in [3.8, 4) is 0 Å². The number of hydrogen-bond donors (Lipinski definition) is 1. The molecular weight excluding hydrogens is 560 g/mol. The van der Waals surface area contributed by atoms with E-state index in [-0.39, 0.29) is 34.5 Å². The molecule has 10 heteroatoms. The lowest BCUT2D eigenvalue weighted by molar-refractivity contribution is -0.136. The zero-order chi connectivity index (χ0) is 26.7. The molecule has 2 aromatic carbocycles. The first-order valence-electron chi connectivity index (χ1n) is 11.4. The molecule has 8 nitrogen and oxygen atoms in total. The highest BCUT2D eigenvalue weighted by molar-refractivity contribution is 9.10. The van der Waals surface area contributed by atoms with Crippen LogP contribution < -0.4 is 4.72 Å². The Morgan fingerprint density at radius 2 is 1.78 bits per heavy atom. The zero-order valence-electron chi connectivity index (χ0n) is 20.4. The second-order valence-corrected chi connectivity index (χ2v) is 11.0. The summed E-state index contributed by atoms with van der Waals surface area (Å²) >= 11 is 3.28. The van der Waals surface area contributed by atoms with Gasteiger partial charge in [0.1, 0.15) is 11.5 Å². The lowest BCUT2D eigenvalue weighted by Gasteiger charge is -2.26. The molecule has 1 N–H and O–H groups in total. The Bertz CT molecular complexity index is 1490. The Labute approximate surface area is 223 Å². The van der Waals surface area contributed by atoms with Crippen LogP contribution in [0.25, 0.3) is 6.08 Å². The normalized spacial score (nSPS) is 15.9. The lowest BCUT2D eigenvalue weighted by atomic mass is 10.1. The number of halogens is 1. The summed E-state index contributed by atoms with van der Waals surface area (Å²) in [5, 5.41) is 0. The topological polar surface area (TPSA) is 106 Å². The molecule has 0 unspecified atom stereocenters. The molecule has 0 saturated heterocycles. The molecule has 1 aromatic heterocycles. The van der Waals surface area contributed by atoms with E-state index in [0.29, 0.717) is 17.2 Å². The number of benzene rings is 2. The molecule has 0 saturated carbocycles. The van der Waals surface area contributed by atoms with E-state index in [0.717, 1.165) is 10.0 Å². The quantitative estimate of drug-likeness (QED) is 0.296. The van der Waals surface area contributed by atoms with E-state index in [2.05, 4.69) is 20.7 Å². The average Bonchev–Trinajstić information content (AvgIpc) is 3.44. The predicted octanol–water partition coefficient (Wildman–Crippen LogP) is 4.95. The maximum atomic E-state index is 13.5. The van der Waals surface area contributed by atoms with Crippen LogP contribution in [0.5, 0.6) is 0 Å². The largest absolute Gasteiger partial charge is 0.465 e. The maximum Gasteiger partial charge on any atom is 0.340 e. The minimum Gasteiger partial charge on any atom is -0.465 e. The second kappa shape index (κ2) is 10.9. The van der Waals surface area contributed by atoms with Crippen molar-refractivity contribution in [3.63, 3.8) is 0 Å². The molecule has 0 aliphatic carbocycles. The van der Waals surface area contributed by atoms with E-state index in [4.69, 9.17) is 9.15 Å². The molecule has 0 fully saturated rings. The summed E-state index contributed by atoms with van der Waals surface area (Å²) in [4.78, 5) is 27.8. The van der Waals surface area contributed by atoms with Crippen molar-refractivity contribution in [1.82, 2.24) is 9.62 Å². The average molecular weight is 585 g/mol. The molecule has 1 aliphatic rings. The Morgan fingerprint density at radius 1 is 1.11 bits per heavy atom. The second-order valence-electron chi connectivity index (χ2n) is 8.35. The van der Waals surface area contributed by atoms with Gasteiger partial charge in [-0.25, -0.2) is 17.9 Å². The van der Waals surface area contributed by atoms with Crippen molar-refractivity contribution in [3.05, 3.63) is 105 Å². The summed E-state index contributed by atoms with van der Waals surface area (Å²) in [7, 11) is -2.49. The van der Waals surface area contributed by atoms with E-state index < -0.39 is 16.0 Å². The van der Waals surface area contributed by atoms with Crippen LogP contribution in [0, 0.1) is 0 Å². The van der Waals surface area contributed by atoms with Gasteiger partial charge in [0.2, 0.25) is 10.0 Å². The van der Waals surface area contributed by atoms with Crippen molar-refractivity contribution >= 4 is 43.9 Å². The smallest absolute Gasteiger partial charge is 0.340 e. The summed E-state index contributed by atoms with van der Waals surface area (Å²) in [5.74, 6) is -0.352. The summed E-state index contributed by atoms with van der Waals surface area (Å²) in [6, 6.07) is 18.6. The van der Waals surface area contributed by atoms with Crippen LogP contribution in [-0.2, 0) is 30.9 Å². The molecule has 3 aromatic rings. The molecular formula is C27H25BrN2O6S. The van der Waals surface area contributed by atoms with E-state index in [9.17, 15) is 18.0 Å². The third-order valence-corrected chi connectivity index (χ3v) is 7.98. The number of methoxy groups -OCH3 is 1.